The molecule has 0 aromatic carbocycles. The fourth-order valence-corrected chi connectivity index (χ4v) is 0. The van der Waals surface area contributed by atoms with E-state index in [4.69, 9.17) is 0 Å². The molecule has 46 valence electrons. The van der Waals surface area contributed by atoms with Gasteiger partial charge in [-0.15, -0.1) is 0 Å². The zero-order chi connectivity index (χ0) is 5.15. The summed E-state index contributed by atoms with van der Waals surface area (Å²) in [5.41, 5.74) is 0. The van der Waals surface area contributed by atoms with Gasteiger partial charge in [-0.3, -0.25) is 0 Å². The van der Waals surface area contributed by atoms with Crippen LogP contribution < -0.4 is 0 Å². The summed E-state index contributed by atoms with van der Waals surface area (Å²) in [4.78, 5) is 0. The summed E-state index contributed by atoms with van der Waals surface area (Å²) in [7, 11) is 0. The molecule has 0 atom stereocenters. The lowest BCUT2D eigenvalue weighted by molar-refractivity contribution is 0.457. The van der Waals surface area contributed by atoms with Gasteiger partial charge in [-0.05, 0) is 11.8 Å². The molecule has 0 spiro atoms. The van der Waals surface area contributed by atoms with Crippen LogP contribution in [-0.2, 0) is 0 Å². The highest BCUT2D eigenvalue weighted by Gasteiger charge is 1.95. The van der Waals surface area contributed by atoms with E-state index in [1.165, 1.54) is 0 Å². The summed E-state index contributed by atoms with van der Waals surface area (Å²) in [6.07, 6.45) is 0. The first-order chi connectivity index (χ1) is 2.64. The van der Waals surface area contributed by atoms with E-state index >= 15 is 0 Å². The molecule has 0 bridgehead atoms. The summed E-state index contributed by atoms with van der Waals surface area (Å²) in [6, 6.07) is 0. The molecule has 0 unspecified atom stereocenters. The Morgan fingerprint density at radius 1 is 0.714 bits per heavy atom. The Morgan fingerprint density at radius 3 is 0.857 bits per heavy atom. The molecule has 0 aliphatic heterocycles. The molecule has 0 radical (unpaired) electrons. The van der Waals surface area contributed by atoms with Crippen molar-refractivity contribution in [3.05, 3.63) is 0 Å². The topological polar surface area (TPSA) is 0 Å². The molecule has 0 heteroatoms. The van der Waals surface area contributed by atoms with E-state index in [2.05, 4.69) is 27.7 Å². The molecule has 0 aliphatic carbocycles. The van der Waals surface area contributed by atoms with Crippen LogP contribution in [0.15, 0.2) is 0 Å². The predicted octanol–water partition coefficient (Wildman–Crippen LogP) is 2.93. The van der Waals surface area contributed by atoms with E-state index in [0.717, 1.165) is 11.8 Å². The van der Waals surface area contributed by atoms with E-state index in [0.29, 0.717) is 0 Å². The summed E-state index contributed by atoms with van der Waals surface area (Å²) in [5.74, 6) is 1.70. The van der Waals surface area contributed by atoms with Gasteiger partial charge in [-0.25, -0.2) is 0 Å². The van der Waals surface area contributed by atoms with Crippen LogP contribution in [-0.4, -0.2) is 0 Å². The third-order valence-electron chi connectivity index (χ3n) is 1.33. The van der Waals surface area contributed by atoms with Crippen molar-refractivity contribution >= 4 is 0 Å². The van der Waals surface area contributed by atoms with Gasteiger partial charge in [0.25, 0.3) is 0 Å². The zero-order valence-electron chi connectivity index (χ0n) is 5.15. The third kappa shape index (κ3) is 6.00. The lowest BCUT2D eigenvalue weighted by Gasteiger charge is -2.05. The van der Waals surface area contributed by atoms with Crippen LogP contribution in [0.1, 0.15) is 35.1 Å². The monoisotopic (exact) mass is 102 g/mol. The van der Waals surface area contributed by atoms with E-state index in [9.17, 15) is 0 Å². The Kier molecular flexibility index (Phi) is 6.00. The van der Waals surface area contributed by atoms with Gasteiger partial charge >= 0.3 is 0 Å². The Labute approximate surface area is 47.9 Å². The van der Waals surface area contributed by atoms with Crippen molar-refractivity contribution in [3.8, 4) is 0 Å². The normalized spacial score (nSPS) is 9.43. The Morgan fingerprint density at radius 2 is 0.857 bits per heavy atom. The molecule has 0 fully saturated rings. The highest BCUT2D eigenvalue weighted by Crippen LogP contribution is 2.05. The molecule has 0 saturated carbocycles. The van der Waals surface area contributed by atoms with Crippen LogP contribution in [0.3, 0.4) is 0 Å². The molecular weight excluding hydrogens is 84.1 g/mol. The summed E-state index contributed by atoms with van der Waals surface area (Å²) in [6.45, 7) is 8.96. The van der Waals surface area contributed by atoms with Crippen molar-refractivity contribution in [3.63, 3.8) is 0 Å². The van der Waals surface area contributed by atoms with Crippen molar-refractivity contribution in [2.24, 2.45) is 11.8 Å². The van der Waals surface area contributed by atoms with E-state index in [1.807, 2.05) is 0 Å². The number of hydrogen-bond donors (Lipinski definition) is 0. The van der Waals surface area contributed by atoms with Gasteiger partial charge in [-0.2, -0.15) is 0 Å². The largest absolute Gasteiger partial charge is 0.0776 e. The standard InChI is InChI=1S/C6H14.CH4/c1-5(2)6(3)4;/h5-6H,1-4H3;1H4. The molecule has 0 rings (SSSR count). The van der Waals surface area contributed by atoms with Crippen LogP contribution in [0.5, 0.6) is 0 Å². The van der Waals surface area contributed by atoms with Gasteiger partial charge < -0.3 is 0 Å². The van der Waals surface area contributed by atoms with E-state index < -0.39 is 0 Å². The van der Waals surface area contributed by atoms with Crippen molar-refractivity contribution < 1.29 is 0 Å². The third-order valence-corrected chi connectivity index (χ3v) is 1.33. The van der Waals surface area contributed by atoms with Gasteiger partial charge in [0.1, 0.15) is 0 Å². The van der Waals surface area contributed by atoms with Crippen LogP contribution >= 0.6 is 0 Å². The Hall–Kier alpha value is 0. The van der Waals surface area contributed by atoms with Crippen molar-refractivity contribution in [1.29, 1.82) is 0 Å². The summed E-state index contributed by atoms with van der Waals surface area (Å²) in [5, 5.41) is 0. The van der Waals surface area contributed by atoms with E-state index in [-0.39, 0.29) is 7.43 Å². The minimum Gasteiger partial charge on any atom is -0.0776 e. The van der Waals surface area contributed by atoms with Crippen LogP contribution in [0.4, 0.5) is 0 Å². The van der Waals surface area contributed by atoms with Crippen LogP contribution in [0.2, 0.25) is 0 Å². The molecule has 0 N–H and O–H groups in total. The van der Waals surface area contributed by atoms with Crippen molar-refractivity contribution in [2.45, 2.75) is 35.1 Å². The Balaban J connectivity index is 0. The van der Waals surface area contributed by atoms with Gasteiger partial charge in [-0.1, -0.05) is 35.1 Å². The molecule has 0 amide bonds. The minimum atomic E-state index is 0. The van der Waals surface area contributed by atoms with Crippen LogP contribution in [0, 0.1) is 11.8 Å². The van der Waals surface area contributed by atoms with E-state index in [1.54, 1.807) is 0 Å². The average molecular weight is 102 g/mol. The SMILES string of the molecule is C.CC(C)C(C)C. The van der Waals surface area contributed by atoms with Gasteiger partial charge in [0.2, 0.25) is 0 Å². The lowest BCUT2D eigenvalue weighted by atomic mass is 10.0. The number of hydrogen-bond acceptors (Lipinski definition) is 0. The van der Waals surface area contributed by atoms with Crippen molar-refractivity contribution in [2.75, 3.05) is 0 Å². The molecule has 0 aromatic rings. The first kappa shape index (κ1) is 10.1. The quantitative estimate of drug-likeness (QED) is 0.477. The summed E-state index contributed by atoms with van der Waals surface area (Å²) < 4.78 is 0. The fourth-order valence-electron chi connectivity index (χ4n) is 0. The van der Waals surface area contributed by atoms with Crippen LogP contribution in [0.25, 0.3) is 0 Å². The molecule has 0 aromatic heterocycles. The maximum atomic E-state index is 2.24. The fraction of sp³-hybridized carbons (Fsp3) is 1.00. The molecule has 7 heavy (non-hydrogen) atoms. The second-order valence-electron chi connectivity index (χ2n) is 2.49. The van der Waals surface area contributed by atoms with Gasteiger partial charge in [0.15, 0.2) is 0 Å². The molecule has 0 aliphatic rings. The first-order valence-corrected chi connectivity index (χ1v) is 2.64. The number of rotatable bonds is 1. The summed E-state index contributed by atoms with van der Waals surface area (Å²) >= 11 is 0. The van der Waals surface area contributed by atoms with Gasteiger partial charge in [0, 0.05) is 0 Å². The molecule has 0 nitrogen and oxygen atoms in total. The average Bonchev–Trinajstić information content (AvgIpc) is 1.36. The second-order valence-corrected chi connectivity index (χ2v) is 2.49. The van der Waals surface area contributed by atoms with Gasteiger partial charge in [0.05, 0.1) is 0 Å². The first-order valence-electron chi connectivity index (χ1n) is 2.64. The predicted molar refractivity (Wildman–Crippen MR) is 36.4 cm³/mol. The zero-order valence-corrected chi connectivity index (χ0v) is 5.15. The minimum absolute atomic E-state index is 0. The highest BCUT2D eigenvalue weighted by atomic mass is 14.0. The molecular formula is C7H18. The second kappa shape index (κ2) is 4.17. The Bertz CT molecular complexity index is 21.0. The van der Waals surface area contributed by atoms with Crippen molar-refractivity contribution in [1.82, 2.24) is 0 Å². The smallest absolute Gasteiger partial charge is 0.0448 e. The lowest BCUT2D eigenvalue weighted by Crippen LogP contribution is -1.95. The maximum Gasteiger partial charge on any atom is -0.0448 e. The molecule has 0 heterocycles. The molecule has 0 saturated heterocycles. The maximum absolute atomic E-state index is 2.24. The highest BCUT2D eigenvalue weighted by molar-refractivity contribution is 4.46.